The van der Waals surface area contributed by atoms with Crippen molar-refractivity contribution in [3.8, 4) is 16.2 Å². The number of carbonyl (C=O) groups excluding carboxylic acids is 2. The summed E-state index contributed by atoms with van der Waals surface area (Å²) in [6, 6.07) is 13.7. The van der Waals surface area contributed by atoms with Crippen LogP contribution in [0.5, 0.6) is 5.75 Å². The SMILES string of the molecule is Cc1cccc(-c2sc(C)nc2C(=O)N2CC[C@@H]2CNC(=O)c2cccc3c2OCCN3C)c1. The van der Waals surface area contributed by atoms with Gasteiger partial charge in [0.2, 0.25) is 0 Å². The van der Waals surface area contributed by atoms with Gasteiger partial charge >= 0.3 is 0 Å². The molecule has 3 aromatic rings. The Hall–Kier alpha value is -3.39. The average molecular weight is 477 g/mol. The van der Waals surface area contributed by atoms with Gasteiger partial charge in [-0.05, 0) is 38.0 Å². The van der Waals surface area contributed by atoms with Crippen molar-refractivity contribution in [1.29, 1.82) is 0 Å². The van der Waals surface area contributed by atoms with Crippen LogP contribution < -0.4 is 15.0 Å². The molecule has 0 spiro atoms. The lowest BCUT2D eigenvalue weighted by Gasteiger charge is -2.41. The van der Waals surface area contributed by atoms with Gasteiger partial charge in [-0.15, -0.1) is 11.3 Å². The predicted molar refractivity (Wildman–Crippen MR) is 134 cm³/mol. The number of ether oxygens (including phenoxy) is 1. The molecule has 0 saturated carbocycles. The van der Waals surface area contributed by atoms with E-state index in [0.29, 0.717) is 36.7 Å². The number of rotatable bonds is 5. The lowest BCUT2D eigenvalue weighted by atomic mass is 10.0. The highest BCUT2D eigenvalue weighted by molar-refractivity contribution is 7.15. The number of likely N-dealkylation sites (N-methyl/N-ethyl adjacent to an activating group) is 1. The smallest absolute Gasteiger partial charge is 0.274 e. The molecule has 1 atom stereocenters. The molecule has 0 bridgehead atoms. The Kier molecular flexibility index (Phi) is 6.00. The summed E-state index contributed by atoms with van der Waals surface area (Å²) in [4.78, 5) is 35.7. The van der Waals surface area contributed by atoms with E-state index >= 15 is 0 Å². The molecule has 5 rings (SSSR count). The van der Waals surface area contributed by atoms with Crippen molar-refractivity contribution < 1.29 is 14.3 Å². The molecule has 1 fully saturated rings. The Morgan fingerprint density at radius 1 is 1.18 bits per heavy atom. The lowest BCUT2D eigenvalue weighted by molar-refractivity contribution is 0.0451. The molecular formula is C26H28N4O3S. The minimum absolute atomic E-state index is 0.0491. The third-order valence-electron chi connectivity index (χ3n) is 6.44. The Balaban J connectivity index is 1.29. The van der Waals surface area contributed by atoms with E-state index < -0.39 is 0 Å². The van der Waals surface area contributed by atoms with E-state index in [4.69, 9.17) is 4.74 Å². The number of para-hydroxylation sites is 1. The fourth-order valence-electron chi connectivity index (χ4n) is 4.48. The van der Waals surface area contributed by atoms with Crippen LogP contribution >= 0.6 is 11.3 Å². The molecule has 176 valence electrons. The van der Waals surface area contributed by atoms with Crippen LogP contribution in [0.2, 0.25) is 0 Å². The topological polar surface area (TPSA) is 74.8 Å². The van der Waals surface area contributed by atoms with Crippen molar-refractivity contribution in [3.05, 3.63) is 64.3 Å². The average Bonchev–Trinajstić information content (AvgIpc) is 3.20. The van der Waals surface area contributed by atoms with Crippen molar-refractivity contribution in [2.24, 2.45) is 0 Å². The molecule has 2 aromatic carbocycles. The summed E-state index contributed by atoms with van der Waals surface area (Å²) in [7, 11) is 1.99. The number of hydrogen-bond donors (Lipinski definition) is 1. The Bertz CT molecular complexity index is 1250. The molecule has 3 heterocycles. The van der Waals surface area contributed by atoms with Gasteiger partial charge in [-0.25, -0.2) is 4.98 Å². The molecule has 0 unspecified atom stereocenters. The predicted octanol–water partition coefficient (Wildman–Crippen LogP) is 3.90. The lowest BCUT2D eigenvalue weighted by Crippen LogP contribution is -2.56. The minimum Gasteiger partial charge on any atom is -0.489 e. The maximum Gasteiger partial charge on any atom is 0.274 e. The van der Waals surface area contributed by atoms with E-state index in [1.54, 1.807) is 17.4 Å². The van der Waals surface area contributed by atoms with Crippen molar-refractivity contribution in [2.45, 2.75) is 26.3 Å². The number of hydrogen-bond acceptors (Lipinski definition) is 6. The molecule has 1 N–H and O–H groups in total. The largest absolute Gasteiger partial charge is 0.489 e. The summed E-state index contributed by atoms with van der Waals surface area (Å²) < 4.78 is 5.80. The van der Waals surface area contributed by atoms with Gasteiger partial charge in [0.1, 0.15) is 12.3 Å². The van der Waals surface area contributed by atoms with Gasteiger partial charge in [-0.2, -0.15) is 0 Å². The van der Waals surface area contributed by atoms with Gasteiger partial charge in [0.05, 0.1) is 33.7 Å². The molecule has 7 nitrogen and oxygen atoms in total. The van der Waals surface area contributed by atoms with Crippen LogP contribution in [0.15, 0.2) is 42.5 Å². The number of thiazole rings is 1. The second-order valence-electron chi connectivity index (χ2n) is 8.86. The number of benzene rings is 2. The minimum atomic E-state index is -0.184. The van der Waals surface area contributed by atoms with Gasteiger partial charge in [0.15, 0.2) is 5.75 Å². The van der Waals surface area contributed by atoms with E-state index in [-0.39, 0.29) is 17.9 Å². The number of nitrogens with zero attached hydrogens (tertiary/aromatic N) is 3. The number of fused-ring (bicyclic) bond motifs is 1. The van der Waals surface area contributed by atoms with Crippen LogP contribution in [-0.4, -0.2) is 61.0 Å². The zero-order valence-electron chi connectivity index (χ0n) is 19.6. The summed E-state index contributed by atoms with van der Waals surface area (Å²) in [5, 5.41) is 3.88. The van der Waals surface area contributed by atoms with Crippen LogP contribution in [0.4, 0.5) is 5.69 Å². The van der Waals surface area contributed by atoms with Crippen LogP contribution in [0.3, 0.4) is 0 Å². The van der Waals surface area contributed by atoms with Gasteiger partial charge in [-0.1, -0.05) is 35.9 Å². The van der Waals surface area contributed by atoms with E-state index in [2.05, 4.69) is 21.3 Å². The molecule has 1 aromatic heterocycles. The number of amides is 2. The molecule has 8 heteroatoms. The number of likely N-dealkylation sites (tertiary alicyclic amines) is 1. The van der Waals surface area contributed by atoms with Gasteiger partial charge in [0.25, 0.3) is 11.8 Å². The first-order chi connectivity index (χ1) is 16.4. The van der Waals surface area contributed by atoms with Crippen LogP contribution in [0.1, 0.15) is 37.8 Å². The van der Waals surface area contributed by atoms with Crippen molar-refractivity contribution in [1.82, 2.24) is 15.2 Å². The summed E-state index contributed by atoms with van der Waals surface area (Å²) >= 11 is 1.54. The molecule has 2 aliphatic rings. The summed E-state index contributed by atoms with van der Waals surface area (Å²) in [5.41, 5.74) is 4.10. The zero-order valence-corrected chi connectivity index (χ0v) is 20.4. The number of aromatic nitrogens is 1. The summed E-state index contributed by atoms with van der Waals surface area (Å²) in [6.07, 6.45) is 0.848. The normalized spacial score (nSPS) is 17.0. The molecular weight excluding hydrogens is 448 g/mol. The highest BCUT2D eigenvalue weighted by Crippen LogP contribution is 2.35. The Labute approximate surface area is 203 Å². The first-order valence-corrected chi connectivity index (χ1v) is 12.3. The molecule has 0 aliphatic carbocycles. The van der Waals surface area contributed by atoms with Gasteiger partial charge in [-0.3, -0.25) is 9.59 Å². The van der Waals surface area contributed by atoms with E-state index in [0.717, 1.165) is 39.7 Å². The first kappa shape index (κ1) is 22.4. The maximum atomic E-state index is 13.4. The van der Waals surface area contributed by atoms with Crippen molar-refractivity contribution in [2.75, 3.05) is 38.2 Å². The van der Waals surface area contributed by atoms with Crippen molar-refractivity contribution >= 4 is 28.8 Å². The zero-order chi connectivity index (χ0) is 23.8. The molecule has 2 amide bonds. The molecule has 1 saturated heterocycles. The van der Waals surface area contributed by atoms with E-state index in [1.165, 1.54) is 0 Å². The van der Waals surface area contributed by atoms with Crippen LogP contribution in [-0.2, 0) is 0 Å². The molecule has 2 aliphatic heterocycles. The second-order valence-corrected chi connectivity index (χ2v) is 10.1. The summed E-state index contributed by atoms with van der Waals surface area (Å²) in [5.74, 6) is 0.362. The third-order valence-corrected chi connectivity index (χ3v) is 7.46. The summed E-state index contributed by atoms with van der Waals surface area (Å²) in [6.45, 7) is 6.37. The van der Waals surface area contributed by atoms with E-state index in [1.807, 2.05) is 56.1 Å². The quantitative estimate of drug-likeness (QED) is 0.605. The maximum absolute atomic E-state index is 13.4. The molecule has 34 heavy (non-hydrogen) atoms. The number of nitrogens with one attached hydrogen (secondary N) is 1. The fourth-order valence-corrected chi connectivity index (χ4v) is 5.38. The van der Waals surface area contributed by atoms with Crippen molar-refractivity contribution in [3.63, 3.8) is 0 Å². The second kappa shape index (κ2) is 9.10. The van der Waals surface area contributed by atoms with Crippen LogP contribution in [0.25, 0.3) is 10.4 Å². The Morgan fingerprint density at radius 2 is 2.00 bits per heavy atom. The van der Waals surface area contributed by atoms with Gasteiger partial charge in [0, 0.05) is 20.1 Å². The van der Waals surface area contributed by atoms with E-state index in [9.17, 15) is 9.59 Å². The van der Waals surface area contributed by atoms with Gasteiger partial charge < -0.3 is 19.9 Å². The van der Waals surface area contributed by atoms with Crippen LogP contribution in [0, 0.1) is 13.8 Å². The Morgan fingerprint density at radius 3 is 2.76 bits per heavy atom. The monoisotopic (exact) mass is 476 g/mol. The highest BCUT2D eigenvalue weighted by Gasteiger charge is 2.35. The third kappa shape index (κ3) is 4.14. The number of carbonyl (C=O) groups is 2. The highest BCUT2D eigenvalue weighted by atomic mass is 32.1. The number of anilines is 1. The first-order valence-electron chi connectivity index (χ1n) is 11.5. The number of aryl methyl sites for hydroxylation is 2. The fraction of sp³-hybridized carbons (Fsp3) is 0.346. The standard InChI is InChI=1S/C26H28N4O3S/c1-16-6-4-7-18(14-16)24-22(28-17(2)34-24)26(32)30-11-10-19(30)15-27-25(31)20-8-5-9-21-23(20)33-13-12-29(21)3/h4-9,14,19H,10-13,15H2,1-3H3,(H,27,31)/t19-/m1/s1. The molecule has 0 radical (unpaired) electrons.